The molecule has 0 saturated carbocycles. The van der Waals surface area contributed by atoms with Crippen LogP contribution in [0, 0.1) is 0 Å². The van der Waals surface area contributed by atoms with E-state index in [2.05, 4.69) is 14.9 Å². The van der Waals surface area contributed by atoms with Crippen LogP contribution in [0.1, 0.15) is 22.2 Å². The van der Waals surface area contributed by atoms with E-state index in [1.165, 1.54) is 11.5 Å². The van der Waals surface area contributed by atoms with Gasteiger partial charge in [-0.2, -0.15) is 0 Å². The second kappa shape index (κ2) is 5.64. The molecule has 0 radical (unpaired) electrons. The molecular formula is C16H11ClN4OS. The minimum Gasteiger partial charge on any atom is -0.359 e. The summed E-state index contributed by atoms with van der Waals surface area (Å²) in [5, 5.41) is 9.89. The maximum absolute atomic E-state index is 13.0. The number of fused-ring (bicyclic) bond motifs is 1. The fourth-order valence-corrected chi connectivity index (χ4v) is 3.30. The fourth-order valence-electron chi connectivity index (χ4n) is 2.64. The SMILES string of the molecule is O=C1c2ccccc2NC(c2csnn2)N1c1cccc(Cl)c1. The van der Waals surface area contributed by atoms with Crippen molar-refractivity contribution in [3.63, 3.8) is 0 Å². The first-order valence-corrected chi connectivity index (χ1v) is 8.17. The third-order valence-corrected chi connectivity index (χ3v) is 4.43. The highest BCUT2D eigenvalue weighted by Crippen LogP contribution is 2.36. The van der Waals surface area contributed by atoms with Crippen molar-refractivity contribution in [2.24, 2.45) is 0 Å². The molecule has 5 nitrogen and oxygen atoms in total. The molecule has 7 heteroatoms. The summed E-state index contributed by atoms with van der Waals surface area (Å²) in [5.74, 6) is -0.0976. The maximum Gasteiger partial charge on any atom is 0.262 e. The highest BCUT2D eigenvalue weighted by molar-refractivity contribution is 7.03. The van der Waals surface area contributed by atoms with Gasteiger partial charge in [-0.25, -0.2) is 0 Å². The third kappa shape index (κ3) is 2.46. The molecule has 114 valence electrons. The molecule has 1 N–H and O–H groups in total. The van der Waals surface area contributed by atoms with Gasteiger partial charge in [0, 0.05) is 21.8 Å². The lowest BCUT2D eigenvalue weighted by Gasteiger charge is -2.36. The van der Waals surface area contributed by atoms with Crippen LogP contribution >= 0.6 is 23.1 Å². The second-order valence-corrected chi connectivity index (χ2v) is 6.12. The molecule has 0 fully saturated rings. The Morgan fingerprint density at radius 2 is 2.04 bits per heavy atom. The van der Waals surface area contributed by atoms with Gasteiger partial charge in [0.25, 0.3) is 5.91 Å². The van der Waals surface area contributed by atoms with E-state index in [1.807, 2.05) is 35.7 Å². The van der Waals surface area contributed by atoms with E-state index in [4.69, 9.17) is 11.6 Å². The van der Waals surface area contributed by atoms with Crippen LogP contribution in [0.5, 0.6) is 0 Å². The Balaban J connectivity index is 1.87. The van der Waals surface area contributed by atoms with Crippen molar-refractivity contribution in [3.05, 3.63) is 70.2 Å². The van der Waals surface area contributed by atoms with Crippen molar-refractivity contribution in [3.8, 4) is 0 Å². The predicted octanol–water partition coefficient (Wildman–Crippen LogP) is 3.96. The normalized spacial score (nSPS) is 16.8. The van der Waals surface area contributed by atoms with E-state index in [1.54, 1.807) is 23.1 Å². The molecule has 1 aromatic heterocycles. The van der Waals surface area contributed by atoms with Gasteiger partial charge in [0.2, 0.25) is 0 Å². The average molecular weight is 343 g/mol. The topological polar surface area (TPSA) is 58.1 Å². The average Bonchev–Trinajstić information content (AvgIpc) is 3.09. The Kier molecular flexibility index (Phi) is 3.48. The standard InChI is InChI=1S/C16H11ClN4OS/c17-10-4-3-5-11(8-10)21-15(14-9-23-20-19-14)18-13-7-2-1-6-12(13)16(21)22/h1-9,15,18H. The van der Waals surface area contributed by atoms with E-state index in [9.17, 15) is 4.79 Å². The molecule has 1 atom stereocenters. The van der Waals surface area contributed by atoms with Crippen LogP contribution in [0.25, 0.3) is 0 Å². The highest BCUT2D eigenvalue weighted by Gasteiger charge is 2.35. The Labute approximate surface area is 141 Å². The summed E-state index contributed by atoms with van der Waals surface area (Å²) in [6.07, 6.45) is -0.422. The van der Waals surface area contributed by atoms with Crippen molar-refractivity contribution in [2.75, 3.05) is 10.2 Å². The number of halogens is 1. The van der Waals surface area contributed by atoms with Gasteiger partial charge in [-0.05, 0) is 41.9 Å². The van der Waals surface area contributed by atoms with Gasteiger partial charge in [0.15, 0.2) is 6.17 Å². The van der Waals surface area contributed by atoms with Crippen LogP contribution in [0.4, 0.5) is 11.4 Å². The molecule has 0 saturated heterocycles. The quantitative estimate of drug-likeness (QED) is 0.765. The largest absolute Gasteiger partial charge is 0.359 e. The predicted molar refractivity (Wildman–Crippen MR) is 91.0 cm³/mol. The van der Waals surface area contributed by atoms with Crippen LogP contribution in [0.15, 0.2) is 53.9 Å². The lowest BCUT2D eigenvalue weighted by Crippen LogP contribution is -2.43. The van der Waals surface area contributed by atoms with Crippen molar-refractivity contribution in [1.82, 2.24) is 9.59 Å². The zero-order valence-electron chi connectivity index (χ0n) is 11.8. The van der Waals surface area contributed by atoms with E-state index in [-0.39, 0.29) is 5.91 Å². The fraction of sp³-hybridized carbons (Fsp3) is 0.0625. The number of anilines is 2. The van der Waals surface area contributed by atoms with Crippen LogP contribution in [-0.2, 0) is 0 Å². The second-order valence-electron chi connectivity index (χ2n) is 5.08. The molecule has 1 aliphatic rings. The molecule has 1 aliphatic heterocycles. The molecule has 1 amide bonds. The van der Waals surface area contributed by atoms with E-state index in [0.29, 0.717) is 22.0 Å². The molecule has 4 rings (SSSR count). The van der Waals surface area contributed by atoms with Gasteiger partial charge >= 0.3 is 0 Å². The number of nitrogens with zero attached hydrogens (tertiary/aromatic N) is 3. The van der Waals surface area contributed by atoms with Crippen LogP contribution in [-0.4, -0.2) is 15.5 Å². The van der Waals surface area contributed by atoms with E-state index >= 15 is 0 Å². The molecule has 2 heterocycles. The zero-order valence-corrected chi connectivity index (χ0v) is 13.4. The maximum atomic E-state index is 13.0. The van der Waals surface area contributed by atoms with E-state index < -0.39 is 6.17 Å². The smallest absolute Gasteiger partial charge is 0.262 e. The minimum absolute atomic E-state index is 0.0976. The number of carbonyl (C=O) groups is 1. The Bertz CT molecular complexity index is 868. The van der Waals surface area contributed by atoms with Gasteiger partial charge in [-0.3, -0.25) is 9.69 Å². The van der Waals surface area contributed by atoms with Crippen LogP contribution < -0.4 is 10.2 Å². The number of aromatic nitrogens is 2. The van der Waals surface area contributed by atoms with Crippen LogP contribution in [0.3, 0.4) is 0 Å². The highest BCUT2D eigenvalue weighted by atomic mass is 35.5. The summed E-state index contributed by atoms with van der Waals surface area (Å²) >= 11 is 7.35. The number of rotatable bonds is 2. The van der Waals surface area contributed by atoms with Gasteiger partial charge in [0.05, 0.1) is 5.56 Å². The summed E-state index contributed by atoms with van der Waals surface area (Å²) in [7, 11) is 0. The minimum atomic E-state index is -0.422. The van der Waals surface area contributed by atoms with Gasteiger partial charge in [-0.1, -0.05) is 34.3 Å². The van der Waals surface area contributed by atoms with Crippen molar-refractivity contribution < 1.29 is 4.79 Å². The Hall–Kier alpha value is -2.44. The Morgan fingerprint density at radius 3 is 2.83 bits per heavy atom. The number of amides is 1. The molecule has 0 aliphatic carbocycles. The zero-order chi connectivity index (χ0) is 15.8. The summed E-state index contributed by atoms with van der Waals surface area (Å²) in [5.41, 5.74) is 2.81. The Morgan fingerprint density at radius 1 is 1.17 bits per heavy atom. The van der Waals surface area contributed by atoms with Gasteiger partial charge in [-0.15, -0.1) is 5.10 Å². The van der Waals surface area contributed by atoms with Crippen LogP contribution in [0.2, 0.25) is 5.02 Å². The molecule has 0 spiro atoms. The first-order chi connectivity index (χ1) is 11.2. The number of nitrogens with one attached hydrogen (secondary N) is 1. The number of carbonyl (C=O) groups excluding carboxylic acids is 1. The molecule has 3 aromatic rings. The van der Waals surface area contributed by atoms with Gasteiger partial charge < -0.3 is 5.32 Å². The molecule has 1 unspecified atom stereocenters. The third-order valence-electron chi connectivity index (χ3n) is 3.67. The number of hydrogen-bond donors (Lipinski definition) is 1. The summed E-state index contributed by atoms with van der Waals surface area (Å²) < 4.78 is 3.91. The summed E-state index contributed by atoms with van der Waals surface area (Å²) in [4.78, 5) is 14.7. The van der Waals surface area contributed by atoms with Crippen molar-refractivity contribution in [1.29, 1.82) is 0 Å². The molecule has 0 bridgehead atoms. The first kappa shape index (κ1) is 14.2. The lowest BCUT2D eigenvalue weighted by molar-refractivity contribution is 0.0974. The summed E-state index contributed by atoms with van der Waals surface area (Å²) in [6.45, 7) is 0. The number of hydrogen-bond acceptors (Lipinski definition) is 5. The molecule has 23 heavy (non-hydrogen) atoms. The number of para-hydroxylation sites is 1. The van der Waals surface area contributed by atoms with Crippen molar-refractivity contribution in [2.45, 2.75) is 6.17 Å². The molecule has 2 aromatic carbocycles. The first-order valence-electron chi connectivity index (χ1n) is 6.96. The molecular weight excluding hydrogens is 332 g/mol. The van der Waals surface area contributed by atoms with E-state index in [0.717, 1.165) is 5.69 Å². The monoisotopic (exact) mass is 342 g/mol. The summed E-state index contributed by atoms with van der Waals surface area (Å²) in [6, 6.07) is 14.6. The lowest BCUT2D eigenvalue weighted by atomic mass is 10.1. The van der Waals surface area contributed by atoms with Crippen molar-refractivity contribution >= 4 is 40.4 Å². The number of benzene rings is 2. The van der Waals surface area contributed by atoms with Gasteiger partial charge in [0.1, 0.15) is 5.69 Å².